The van der Waals surface area contributed by atoms with E-state index in [-0.39, 0.29) is 16.8 Å². The highest BCUT2D eigenvalue weighted by atomic mass is 32.2. The lowest BCUT2D eigenvalue weighted by Gasteiger charge is -2.20. The third-order valence-corrected chi connectivity index (χ3v) is 6.38. The van der Waals surface area contributed by atoms with Crippen LogP contribution >= 0.6 is 0 Å². The first kappa shape index (κ1) is 17.4. The van der Waals surface area contributed by atoms with Gasteiger partial charge in [0.25, 0.3) is 0 Å². The van der Waals surface area contributed by atoms with Crippen LogP contribution in [0.1, 0.15) is 32.3 Å². The van der Waals surface area contributed by atoms with Crippen molar-refractivity contribution in [1.82, 2.24) is 10.0 Å². The first-order valence-electron chi connectivity index (χ1n) is 8.51. The van der Waals surface area contributed by atoms with Crippen molar-refractivity contribution >= 4 is 21.6 Å². The molecule has 0 radical (unpaired) electrons. The SMILES string of the molecule is CC(=O)N1c2ccc(S(=O)(=O)NCCC3CCNC3)cc2CC1C. The van der Waals surface area contributed by atoms with Gasteiger partial charge in [0.05, 0.1) is 4.90 Å². The van der Waals surface area contributed by atoms with E-state index in [4.69, 9.17) is 0 Å². The summed E-state index contributed by atoms with van der Waals surface area (Å²) in [5, 5.41) is 3.29. The van der Waals surface area contributed by atoms with E-state index in [0.29, 0.717) is 18.9 Å². The first-order chi connectivity index (χ1) is 11.4. The van der Waals surface area contributed by atoms with Crippen molar-refractivity contribution in [2.24, 2.45) is 5.92 Å². The van der Waals surface area contributed by atoms with E-state index < -0.39 is 10.0 Å². The number of hydrogen-bond acceptors (Lipinski definition) is 4. The lowest BCUT2D eigenvalue weighted by molar-refractivity contribution is -0.116. The molecular weight excluding hydrogens is 326 g/mol. The van der Waals surface area contributed by atoms with E-state index in [1.165, 1.54) is 6.92 Å². The molecule has 1 amide bonds. The number of benzene rings is 1. The van der Waals surface area contributed by atoms with Gasteiger partial charge in [-0.3, -0.25) is 4.79 Å². The van der Waals surface area contributed by atoms with Crippen molar-refractivity contribution in [2.75, 3.05) is 24.5 Å². The molecule has 1 fully saturated rings. The third kappa shape index (κ3) is 3.48. The topological polar surface area (TPSA) is 78.5 Å². The van der Waals surface area contributed by atoms with Crippen molar-refractivity contribution in [3.63, 3.8) is 0 Å². The molecule has 2 aliphatic heterocycles. The van der Waals surface area contributed by atoms with Gasteiger partial charge in [-0.25, -0.2) is 13.1 Å². The molecule has 0 spiro atoms. The number of carbonyl (C=O) groups excluding carboxylic acids is 1. The molecule has 2 heterocycles. The largest absolute Gasteiger partial charge is 0.316 e. The van der Waals surface area contributed by atoms with Gasteiger partial charge < -0.3 is 10.2 Å². The summed E-state index contributed by atoms with van der Waals surface area (Å²) >= 11 is 0. The minimum absolute atomic E-state index is 0.0137. The molecule has 6 nitrogen and oxygen atoms in total. The molecule has 0 saturated carbocycles. The summed E-state index contributed by atoms with van der Waals surface area (Å²) in [5.41, 5.74) is 1.74. The molecule has 2 N–H and O–H groups in total. The fourth-order valence-electron chi connectivity index (χ4n) is 3.70. The summed E-state index contributed by atoms with van der Waals surface area (Å²) in [6.45, 7) is 5.97. The molecule has 3 rings (SSSR count). The Bertz CT molecular complexity index is 727. The third-order valence-electron chi connectivity index (χ3n) is 4.92. The number of carbonyl (C=O) groups is 1. The Morgan fingerprint density at radius 1 is 1.42 bits per heavy atom. The molecular formula is C17H25N3O3S. The van der Waals surface area contributed by atoms with Crippen LogP contribution in [0.4, 0.5) is 5.69 Å². The molecule has 2 aliphatic rings. The second-order valence-corrected chi connectivity index (χ2v) is 8.54. The molecule has 132 valence electrons. The van der Waals surface area contributed by atoms with Crippen LogP contribution < -0.4 is 14.9 Å². The summed E-state index contributed by atoms with van der Waals surface area (Å²) in [6.07, 6.45) is 2.65. The van der Waals surface area contributed by atoms with E-state index in [2.05, 4.69) is 10.0 Å². The molecule has 0 aromatic heterocycles. The number of anilines is 1. The Labute approximate surface area is 143 Å². The monoisotopic (exact) mass is 351 g/mol. The maximum Gasteiger partial charge on any atom is 0.240 e. The molecule has 2 atom stereocenters. The number of hydrogen-bond donors (Lipinski definition) is 2. The second-order valence-electron chi connectivity index (χ2n) is 6.78. The Balaban J connectivity index is 1.70. The van der Waals surface area contributed by atoms with E-state index in [9.17, 15) is 13.2 Å². The number of sulfonamides is 1. The van der Waals surface area contributed by atoms with Gasteiger partial charge in [0, 0.05) is 25.2 Å². The molecule has 0 bridgehead atoms. The van der Waals surface area contributed by atoms with Gasteiger partial charge in [0.1, 0.15) is 0 Å². The van der Waals surface area contributed by atoms with Crippen LogP contribution in [0, 0.1) is 5.92 Å². The summed E-state index contributed by atoms with van der Waals surface area (Å²) in [4.78, 5) is 13.8. The summed E-state index contributed by atoms with van der Waals surface area (Å²) < 4.78 is 27.7. The Morgan fingerprint density at radius 3 is 2.88 bits per heavy atom. The lowest BCUT2D eigenvalue weighted by atomic mass is 10.1. The second kappa shape index (κ2) is 6.82. The Morgan fingerprint density at radius 2 is 2.21 bits per heavy atom. The fraction of sp³-hybridized carbons (Fsp3) is 0.588. The van der Waals surface area contributed by atoms with Gasteiger partial charge in [-0.15, -0.1) is 0 Å². The number of nitrogens with zero attached hydrogens (tertiary/aromatic N) is 1. The summed E-state index contributed by atoms with van der Waals surface area (Å²) in [5.74, 6) is 0.540. The van der Waals surface area contributed by atoms with Gasteiger partial charge >= 0.3 is 0 Å². The smallest absolute Gasteiger partial charge is 0.240 e. The van der Waals surface area contributed by atoms with E-state index in [0.717, 1.165) is 37.2 Å². The zero-order valence-corrected chi connectivity index (χ0v) is 15.0. The Hall–Kier alpha value is -1.44. The summed E-state index contributed by atoms with van der Waals surface area (Å²) in [7, 11) is -3.50. The minimum atomic E-state index is -3.50. The van der Waals surface area contributed by atoms with E-state index in [1.54, 1.807) is 23.1 Å². The van der Waals surface area contributed by atoms with E-state index >= 15 is 0 Å². The van der Waals surface area contributed by atoms with Crippen LogP contribution in [0.2, 0.25) is 0 Å². The van der Waals surface area contributed by atoms with Crippen LogP contribution in [-0.4, -0.2) is 40.0 Å². The van der Waals surface area contributed by atoms with Gasteiger partial charge in [0.15, 0.2) is 0 Å². The van der Waals surface area contributed by atoms with Crippen LogP contribution in [-0.2, 0) is 21.2 Å². The standard InChI is InChI=1S/C17H25N3O3S/c1-12-9-15-10-16(3-4-17(15)20(12)13(2)21)24(22,23)19-8-6-14-5-7-18-11-14/h3-4,10,12,14,18-19H,5-9,11H2,1-2H3. The Kier molecular flexibility index (Phi) is 4.94. The van der Waals surface area contributed by atoms with Crippen molar-refractivity contribution in [2.45, 2.75) is 44.0 Å². The van der Waals surface area contributed by atoms with Crippen LogP contribution in [0.5, 0.6) is 0 Å². The molecule has 7 heteroatoms. The molecule has 2 unspecified atom stereocenters. The molecule has 1 saturated heterocycles. The van der Waals surface area contributed by atoms with E-state index in [1.807, 2.05) is 6.92 Å². The van der Waals surface area contributed by atoms with Crippen molar-refractivity contribution in [1.29, 1.82) is 0 Å². The van der Waals surface area contributed by atoms with Gasteiger partial charge in [-0.2, -0.15) is 0 Å². The summed E-state index contributed by atoms with van der Waals surface area (Å²) in [6, 6.07) is 5.11. The van der Waals surface area contributed by atoms with Gasteiger partial charge in [0.2, 0.25) is 15.9 Å². The van der Waals surface area contributed by atoms with Crippen LogP contribution in [0.15, 0.2) is 23.1 Å². The quantitative estimate of drug-likeness (QED) is 0.837. The zero-order valence-electron chi connectivity index (χ0n) is 14.2. The van der Waals surface area contributed by atoms with Crippen molar-refractivity contribution in [3.8, 4) is 0 Å². The highest BCUT2D eigenvalue weighted by molar-refractivity contribution is 7.89. The maximum absolute atomic E-state index is 12.5. The van der Waals surface area contributed by atoms with Crippen LogP contribution in [0.3, 0.4) is 0 Å². The predicted octanol–water partition coefficient (Wildman–Crippen LogP) is 1.26. The molecule has 0 aliphatic carbocycles. The molecule has 1 aromatic rings. The highest BCUT2D eigenvalue weighted by Crippen LogP contribution is 2.33. The molecule has 24 heavy (non-hydrogen) atoms. The average molecular weight is 351 g/mol. The molecule has 1 aromatic carbocycles. The van der Waals surface area contributed by atoms with Gasteiger partial charge in [-0.1, -0.05) is 0 Å². The van der Waals surface area contributed by atoms with Crippen molar-refractivity contribution < 1.29 is 13.2 Å². The predicted molar refractivity (Wildman–Crippen MR) is 93.6 cm³/mol. The lowest BCUT2D eigenvalue weighted by Crippen LogP contribution is -2.33. The normalized spacial score (nSPS) is 23.5. The minimum Gasteiger partial charge on any atom is -0.316 e. The number of nitrogens with one attached hydrogen (secondary N) is 2. The highest BCUT2D eigenvalue weighted by Gasteiger charge is 2.30. The number of fused-ring (bicyclic) bond motifs is 1. The fourth-order valence-corrected chi connectivity index (χ4v) is 4.79. The van der Waals surface area contributed by atoms with Crippen molar-refractivity contribution in [3.05, 3.63) is 23.8 Å². The average Bonchev–Trinajstić information content (AvgIpc) is 3.12. The first-order valence-corrected chi connectivity index (χ1v) is 10.00. The number of amides is 1. The van der Waals surface area contributed by atoms with Gasteiger partial charge in [-0.05, 0) is 69.0 Å². The maximum atomic E-state index is 12.5. The zero-order chi connectivity index (χ0) is 17.3. The van der Waals surface area contributed by atoms with Crippen LogP contribution in [0.25, 0.3) is 0 Å². The number of rotatable bonds is 5.